The van der Waals surface area contributed by atoms with Crippen molar-refractivity contribution in [3.8, 4) is 0 Å². The molecule has 0 heterocycles. The van der Waals surface area contributed by atoms with E-state index in [1.807, 2.05) is 6.92 Å². The zero-order chi connectivity index (χ0) is 13.3. The first-order valence-corrected chi connectivity index (χ1v) is 6.13. The fourth-order valence-electron chi connectivity index (χ4n) is 2.12. The minimum absolute atomic E-state index is 0.328. The molecule has 0 aliphatic heterocycles. The van der Waals surface area contributed by atoms with Crippen LogP contribution in [-0.2, 0) is 0 Å². The van der Waals surface area contributed by atoms with Crippen molar-refractivity contribution in [2.75, 3.05) is 17.2 Å². The van der Waals surface area contributed by atoms with Crippen LogP contribution in [0.5, 0.6) is 0 Å². The first-order chi connectivity index (χ1) is 8.54. The molecule has 0 atom stereocenters. The van der Waals surface area contributed by atoms with Gasteiger partial charge in [-0.05, 0) is 25.3 Å². The third-order valence-electron chi connectivity index (χ3n) is 3.11. The first-order valence-electron chi connectivity index (χ1n) is 6.13. The largest absolute Gasteiger partial charge is 0.478 e. The van der Waals surface area contributed by atoms with Crippen LogP contribution in [-0.4, -0.2) is 23.7 Å². The zero-order valence-electron chi connectivity index (χ0n) is 10.3. The van der Waals surface area contributed by atoms with Crippen LogP contribution in [0.1, 0.15) is 36.5 Å². The van der Waals surface area contributed by atoms with Gasteiger partial charge in [-0.25, -0.2) is 9.18 Å². The fourth-order valence-corrected chi connectivity index (χ4v) is 2.12. The number of hydrogen-bond donors (Lipinski definition) is 2. The summed E-state index contributed by atoms with van der Waals surface area (Å²) in [6.45, 7) is 2.86. The maximum atomic E-state index is 13.7. The molecule has 4 nitrogen and oxygen atoms in total. The molecule has 5 heteroatoms. The Balaban J connectivity index is 2.37. The molecule has 1 aromatic carbocycles. The molecule has 0 radical (unpaired) electrons. The average molecular weight is 252 g/mol. The predicted octanol–water partition coefficient (Wildman–Crippen LogP) is 2.48. The van der Waals surface area contributed by atoms with Crippen LogP contribution in [0, 0.1) is 5.82 Å². The lowest BCUT2D eigenvalue weighted by atomic mass is 10.1. The van der Waals surface area contributed by atoms with E-state index in [0.29, 0.717) is 17.4 Å². The van der Waals surface area contributed by atoms with E-state index < -0.39 is 11.8 Å². The number of aromatic carboxylic acids is 1. The number of halogens is 1. The summed E-state index contributed by atoms with van der Waals surface area (Å²) in [5.74, 6) is -2.02. The van der Waals surface area contributed by atoms with Gasteiger partial charge in [0.1, 0.15) is 5.82 Å². The third kappa shape index (κ3) is 2.39. The molecule has 3 N–H and O–H groups in total. The number of nitrogens with two attached hydrogens (primary N) is 1. The van der Waals surface area contributed by atoms with Crippen LogP contribution < -0.4 is 10.6 Å². The van der Waals surface area contributed by atoms with E-state index in [4.69, 9.17) is 10.8 Å². The number of benzene rings is 1. The van der Waals surface area contributed by atoms with Gasteiger partial charge in [-0.15, -0.1) is 0 Å². The lowest BCUT2D eigenvalue weighted by Crippen LogP contribution is -2.27. The quantitative estimate of drug-likeness (QED) is 0.790. The molecular formula is C13H17FN2O2. The number of carboxylic acids is 1. The van der Waals surface area contributed by atoms with Crippen LogP contribution in [0.2, 0.25) is 0 Å². The molecule has 0 spiro atoms. The molecule has 98 valence electrons. The van der Waals surface area contributed by atoms with E-state index in [9.17, 15) is 9.18 Å². The van der Waals surface area contributed by atoms with Gasteiger partial charge in [0.2, 0.25) is 0 Å². The number of hydrogen-bond acceptors (Lipinski definition) is 3. The number of carbonyl (C=O) groups is 1. The van der Waals surface area contributed by atoms with Crippen LogP contribution in [0.4, 0.5) is 15.8 Å². The molecule has 1 aromatic rings. The minimum atomic E-state index is -1.29. The van der Waals surface area contributed by atoms with Gasteiger partial charge in [-0.1, -0.05) is 6.92 Å². The summed E-state index contributed by atoms with van der Waals surface area (Å²) >= 11 is 0. The molecule has 1 fully saturated rings. The second-order valence-electron chi connectivity index (χ2n) is 4.62. The van der Waals surface area contributed by atoms with Crippen molar-refractivity contribution < 1.29 is 14.3 Å². The Labute approximate surface area is 105 Å². The van der Waals surface area contributed by atoms with Crippen molar-refractivity contribution in [1.29, 1.82) is 0 Å². The van der Waals surface area contributed by atoms with Gasteiger partial charge in [0.25, 0.3) is 0 Å². The molecule has 1 aliphatic carbocycles. The van der Waals surface area contributed by atoms with E-state index in [1.165, 1.54) is 12.1 Å². The Bertz CT molecular complexity index is 472. The standard InChI is InChI=1S/C13H17FN2O2/c1-2-5-16(8-3-4-8)12-7-10(14)9(13(17)18)6-11(12)15/h6-8H,2-5,15H2,1H3,(H,17,18). The van der Waals surface area contributed by atoms with Gasteiger partial charge in [0.05, 0.1) is 16.9 Å². The summed E-state index contributed by atoms with van der Waals surface area (Å²) < 4.78 is 13.7. The summed E-state index contributed by atoms with van der Waals surface area (Å²) in [4.78, 5) is 12.9. The van der Waals surface area contributed by atoms with E-state index in [-0.39, 0.29) is 5.56 Å². The number of rotatable bonds is 5. The Kier molecular flexibility index (Phi) is 3.41. The first kappa shape index (κ1) is 12.7. The summed E-state index contributed by atoms with van der Waals surface area (Å²) in [7, 11) is 0. The minimum Gasteiger partial charge on any atom is -0.478 e. The Morgan fingerprint density at radius 1 is 1.56 bits per heavy atom. The maximum Gasteiger partial charge on any atom is 0.338 e. The van der Waals surface area contributed by atoms with Crippen LogP contribution >= 0.6 is 0 Å². The predicted molar refractivity (Wildman–Crippen MR) is 68.4 cm³/mol. The zero-order valence-corrected chi connectivity index (χ0v) is 10.3. The lowest BCUT2D eigenvalue weighted by Gasteiger charge is -2.26. The highest BCUT2D eigenvalue weighted by atomic mass is 19.1. The SMILES string of the molecule is CCCN(c1cc(F)c(C(=O)O)cc1N)C1CC1. The van der Waals surface area contributed by atoms with Crippen molar-refractivity contribution >= 4 is 17.3 Å². The van der Waals surface area contributed by atoms with Crippen molar-refractivity contribution in [1.82, 2.24) is 0 Å². The molecule has 1 aliphatic rings. The number of carboxylic acid groups (broad SMARTS) is 1. The Morgan fingerprint density at radius 2 is 2.22 bits per heavy atom. The average Bonchev–Trinajstić information content (AvgIpc) is 3.12. The summed E-state index contributed by atoms with van der Waals surface area (Å²) in [5.41, 5.74) is 6.42. The van der Waals surface area contributed by atoms with Gasteiger partial charge >= 0.3 is 5.97 Å². The Morgan fingerprint density at radius 3 is 2.72 bits per heavy atom. The van der Waals surface area contributed by atoms with E-state index in [0.717, 1.165) is 25.8 Å². The molecule has 18 heavy (non-hydrogen) atoms. The number of nitrogen functional groups attached to an aromatic ring is 1. The van der Waals surface area contributed by atoms with E-state index >= 15 is 0 Å². The summed E-state index contributed by atoms with van der Waals surface area (Å²) in [6, 6.07) is 2.87. The second kappa shape index (κ2) is 4.84. The van der Waals surface area contributed by atoms with Crippen molar-refractivity contribution in [2.24, 2.45) is 0 Å². The topological polar surface area (TPSA) is 66.6 Å². The normalized spacial score (nSPS) is 14.6. The molecule has 0 bridgehead atoms. The number of anilines is 2. The fraction of sp³-hybridized carbons (Fsp3) is 0.462. The van der Waals surface area contributed by atoms with Crippen molar-refractivity contribution in [3.05, 3.63) is 23.5 Å². The summed E-state index contributed by atoms with van der Waals surface area (Å²) in [5, 5.41) is 8.84. The molecule has 1 saturated carbocycles. The molecule has 0 unspecified atom stereocenters. The van der Waals surface area contributed by atoms with E-state index in [2.05, 4.69) is 4.90 Å². The maximum absolute atomic E-state index is 13.7. The molecule has 2 rings (SSSR count). The lowest BCUT2D eigenvalue weighted by molar-refractivity contribution is 0.0692. The Hall–Kier alpha value is -1.78. The van der Waals surface area contributed by atoms with Gasteiger partial charge in [-0.2, -0.15) is 0 Å². The summed E-state index contributed by atoms with van der Waals surface area (Å²) in [6.07, 6.45) is 3.11. The van der Waals surface area contributed by atoms with Crippen LogP contribution in [0.3, 0.4) is 0 Å². The molecular weight excluding hydrogens is 235 g/mol. The van der Waals surface area contributed by atoms with Gasteiger partial charge in [-0.3, -0.25) is 0 Å². The van der Waals surface area contributed by atoms with Crippen LogP contribution in [0.25, 0.3) is 0 Å². The van der Waals surface area contributed by atoms with Gasteiger partial charge in [0, 0.05) is 18.7 Å². The highest BCUT2D eigenvalue weighted by Gasteiger charge is 2.30. The highest BCUT2D eigenvalue weighted by Crippen LogP contribution is 2.36. The van der Waals surface area contributed by atoms with Crippen LogP contribution in [0.15, 0.2) is 12.1 Å². The van der Waals surface area contributed by atoms with Crippen molar-refractivity contribution in [2.45, 2.75) is 32.2 Å². The smallest absolute Gasteiger partial charge is 0.338 e. The number of nitrogens with zero attached hydrogens (tertiary/aromatic N) is 1. The molecule has 0 saturated heterocycles. The molecule has 0 aromatic heterocycles. The highest BCUT2D eigenvalue weighted by molar-refractivity contribution is 5.91. The molecule has 0 amide bonds. The van der Waals surface area contributed by atoms with Gasteiger partial charge in [0.15, 0.2) is 0 Å². The van der Waals surface area contributed by atoms with Gasteiger partial charge < -0.3 is 15.7 Å². The monoisotopic (exact) mass is 252 g/mol. The second-order valence-corrected chi connectivity index (χ2v) is 4.62. The van der Waals surface area contributed by atoms with E-state index in [1.54, 1.807) is 0 Å². The third-order valence-corrected chi connectivity index (χ3v) is 3.11. The van der Waals surface area contributed by atoms with Crippen molar-refractivity contribution in [3.63, 3.8) is 0 Å².